The molecule has 10 rings (SSSR count). The van der Waals surface area contributed by atoms with E-state index in [1.165, 1.54) is 65.3 Å². The van der Waals surface area contributed by atoms with Crippen molar-refractivity contribution in [3.05, 3.63) is 170 Å². The van der Waals surface area contributed by atoms with E-state index in [9.17, 15) is 0 Å². The lowest BCUT2D eigenvalue weighted by atomic mass is 9.85. The summed E-state index contributed by atoms with van der Waals surface area (Å²) < 4.78 is 6.63. The van der Waals surface area contributed by atoms with Crippen LogP contribution in [0.25, 0.3) is 98.4 Å². The summed E-state index contributed by atoms with van der Waals surface area (Å²) in [5, 5.41) is 12.2. The lowest BCUT2D eigenvalue weighted by Crippen LogP contribution is -1.91. The summed E-state index contributed by atoms with van der Waals surface area (Å²) in [6.45, 7) is 0. The van der Waals surface area contributed by atoms with Crippen molar-refractivity contribution in [2.24, 2.45) is 0 Å². The van der Waals surface area contributed by atoms with Gasteiger partial charge in [-0.1, -0.05) is 146 Å². The maximum Gasteiger partial charge on any atom is 0.143 e. The van der Waals surface area contributed by atoms with Gasteiger partial charge in [0.05, 0.1) is 0 Å². The molecule has 0 saturated heterocycles. The van der Waals surface area contributed by atoms with Gasteiger partial charge in [-0.25, -0.2) is 0 Å². The van der Waals surface area contributed by atoms with E-state index in [0.29, 0.717) is 0 Å². The van der Waals surface area contributed by atoms with Crippen LogP contribution in [0.4, 0.5) is 0 Å². The van der Waals surface area contributed by atoms with E-state index in [1.54, 1.807) is 0 Å². The highest BCUT2D eigenvalue weighted by molar-refractivity contribution is 6.23. The third kappa shape index (κ3) is 3.97. The zero-order valence-electron chi connectivity index (χ0n) is 25.6. The molecule has 0 atom stereocenters. The molecule has 0 bridgehead atoms. The molecule has 0 aliphatic carbocycles. The molecule has 0 unspecified atom stereocenters. The van der Waals surface area contributed by atoms with Crippen molar-refractivity contribution in [2.45, 2.75) is 0 Å². The SMILES string of the molecule is c1cc(-c2c3ccccc3c(-c3ccc4ccccc4c3)c3ccccc23)cc(-c2c3ccccc3cc3c2oc2ccccc23)c1. The first-order valence-corrected chi connectivity index (χ1v) is 16.2. The molecule has 1 aromatic heterocycles. The van der Waals surface area contributed by atoms with Gasteiger partial charge in [0.15, 0.2) is 0 Å². The van der Waals surface area contributed by atoms with E-state index in [-0.39, 0.29) is 0 Å². The number of para-hydroxylation sites is 1. The fourth-order valence-corrected chi connectivity index (χ4v) is 7.73. The van der Waals surface area contributed by atoms with Crippen molar-refractivity contribution in [2.75, 3.05) is 0 Å². The average molecular weight is 597 g/mol. The quantitative estimate of drug-likeness (QED) is 0.185. The zero-order chi connectivity index (χ0) is 30.9. The second kappa shape index (κ2) is 10.2. The second-order valence-electron chi connectivity index (χ2n) is 12.4. The molecule has 0 fully saturated rings. The van der Waals surface area contributed by atoms with Crippen molar-refractivity contribution in [1.29, 1.82) is 0 Å². The molecule has 0 N–H and O–H groups in total. The molecule has 0 saturated carbocycles. The summed E-state index contributed by atoms with van der Waals surface area (Å²) >= 11 is 0. The fourth-order valence-electron chi connectivity index (χ4n) is 7.73. The van der Waals surface area contributed by atoms with Gasteiger partial charge >= 0.3 is 0 Å². The van der Waals surface area contributed by atoms with Gasteiger partial charge in [0, 0.05) is 16.3 Å². The lowest BCUT2D eigenvalue weighted by Gasteiger charge is -2.18. The Bertz CT molecular complexity index is 2800. The van der Waals surface area contributed by atoms with E-state index in [4.69, 9.17) is 4.42 Å². The first-order valence-electron chi connectivity index (χ1n) is 16.2. The van der Waals surface area contributed by atoms with Crippen LogP contribution in [-0.2, 0) is 0 Å². The van der Waals surface area contributed by atoms with Crippen LogP contribution in [0.1, 0.15) is 0 Å². The lowest BCUT2D eigenvalue weighted by molar-refractivity contribution is 0.670. The third-order valence-corrected chi connectivity index (χ3v) is 9.80. The average Bonchev–Trinajstić information content (AvgIpc) is 3.50. The Morgan fingerprint density at radius 3 is 1.47 bits per heavy atom. The molecule has 0 aliphatic heterocycles. The molecule has 218 valence electrons. The molecule has 0 spiro atoms. The van der Waals surface area contributed by atoms with E-state index >= 15 is 0 Å². The first-order chi connectivity index (χ1) is 23.3. The monoisotopic (exact) mass is 596 g/mol. The van der Waals surface area contributed by atoms with Crippen LogP contribution in [-0.4, -0.2) is 0 Å². The number of fused-ring (bicyclic) bond motifs is 7. The minimum atomic E-state index is 0.913. The molecule has 0 radical (unpaired) electrons. The number of furan rings is 1. The molecule has 1 nitrogen and oxygen atoms in total. The maximum absolute atomic E-state index is 6.63. The van der Waals surface area contributed by atoms with Crippen molar-refractivity contribution in [3.8, 4) is 33.4 Å². The van der Waals surface area contributed by atoms with Crippen LogP contribution < -0.4 is 0 Å². The molecule has 47 heavy (non-hydrogen) atoms. The Hall–Kier alpha value is -6.18. The summed E-state index contributed by atoms with van der Waals surface area (Å²) in [5.41, 5.74) is 9.09. The topological polar surface area (TPSA) is 13.1 Å². The van der Waals surface area contributed by atoms with Crippen molar-refractivity contribution in [1.82, 2.24) is 0 Å². The van der Waals surface area contributed by atoms with Crippen molar-refractivity contribution < 1.29 is 4.42 Å². The van der Waals surface area contributed by atoms with Crippen LogP contribution >= 0.6 is 0 Å². The van der Waals surface area contributed by atoms with Gasteiger partial charge in [-0.15, -0.1) is 0 Å². The number of hydrogen-bond acceptors (Lipinski definition) is 1. The molecule has 1 heteroatoms. The van der Waals surface area contributed by atoms with E-state index in [1.807, 2.05) is 6.07 Å². The van der Waals surface area contributed by atoms with E-state index in [2.05, 4.69) is 164 Å². The van der Waals surface area contributed by atoms with Gasteiger partial charge < -0.3 is 4.42 Å². The maximum atomic E-state index is 6.63. The van der Waals surface area contributed by atoms with Crippen LogP contribution in [0.3, 0.4) is 0 Å². The Kier molecular flexibility index (Phi) is 5.64. The Morgan fingerprint density at radius 2 is 0.787 bits per heavy atom. The highest BCUT2D eigenvalue weighted by Gasteiger charge is 2.20. The van der Waals surface area contributed by atoms with Gasteiger partial charge in [0.2, 0.25) is 0 Å². The largest absolute Gasteiger partial charge is 0.455 e. The zero-order valence-corrected chi connectivity index (χ0v) is 25.6. The molecule has 0 aliphatic rings. The summed E-state index contributed by atoms with van der Waals surface area (Å²) in [4.78, 5) is 0. The highest BCUT2D eigenvalue weighted by Crippen LogP contribution is 2.46. The van der Waals surface area contributed by atoms with Crippen LogP contribution in [0.15, 0.2) is 174 Å². The number of rotatable bonds is 3. The van der Waals surface area contributed by atoms with Crippen LogP contribution in [0.2, 0.25) is 0 Å². The van der Waals surface area contributed by atoms with Gasteiger partial charge in [-0.2, -0.15) is 0 Å². The summed E-state index contributed by atoms with van der Waals surface area (Å²) in [7, 11) is 0. The Labute approximate surface area is 271 Å². The van der Waals surface area contributed by atoms with Gasteiger partial charge in [0.1, 0.15) is 11.2 Å². The predicted molar refractivity (Wildman–Crippen MR) is 200 cm³/mol. The molecule has 10 aromatic rings. The smallest absolute Gasteiger partial charge is 0.143 e. The van der Waals surface area contributed by atoms with Crippen LogP contribution in [0.5, 0.6) is 0 Å². The minimum Gasteiger partial charge on any atom is -0.455 e. The number of benzene rings is 9. The minimum absolute atomic E-state index is 0.913. The van der Waals surface area contributed by atoms with Gasteiger partial charge in [-0.3, -0.25) is 0 Å². The van der Waals surface area contributed by atoms with Crippen molar-refractivity contribution in [3.63, 3.8) is 0 Å². The molecule has 9 aromatic carbocycles. The normalized spacial score (nSPS) is 11.8. The summed E-state index contributed by atoms with van der Waals surface area (Å²) in [6.07, 6.45) is 0. The molecular formula is C46H28O. The molecular weight excluding hydrogens is 569 g/mol. The predicted octanol–water partition coefficient (Wildman–Crippen LogP) is 13.2. The number of hydrogen-bond donors (Lipinski definition) is 0. The Balaban J connectivity index is 1.27. The molecule has 0 amide bonds. The van der Waals surface area contributed by atoms with Crippen molar-refractivity contribution >= 4 is 65.0 Å². The second-order valence-corrected chi connectivity index (χ2v) is 12.4. The fraction of sp³-hybridized carbons (Fsp3) is 0. The first kappa shape index (κ1) is 26.1. The van der Waals surface area contributed by atoms with Crippen LogP contribution in [0, 0.1) is 0 Å². The molecule has 1 heterocycles. The van der Waals surface area contributed by atoms with E-state index in [0.717, 1.165) is 33.1 Å². The summed E-state index contributed by atoms with van der Waals surface area (Å²) in [5.74, 6) is 0. The third-order valence-electron chi connectivity index (χ3n) is 9.80. The Morgan fingerprint density at radius 1 is 0.277 bits per heavy atom. The van der Waals surface area contributed by atoms with Gasteiger partial charge in [-0.05, 0) is 95.2 Å². The summed E-state index contributed by atoms with van der Waals surface area (Å²) in [6, 6.07) is 61.6. The van der Waals surface area contributed by atoms with E-state index < -0.39 is 0 Å². The van der Waals surface area contributed by atoms with Gasteiger partial charge in [0.25, 0.3) is 0 Å². The standard InChI is InChI=1S/C46H28O/c1-2-13-30-26-34(25-24-29(30)12-1)44-39-21-7-5-19-37(39)43(38-20-6-8-22-40(38)44)32-15-11-16-33(27-32)45-35-17-4-3-14-31(35)28-41-36-18-9-10-23-42(36)47-46(41)45/h1-28H. The highest BCUT2D eigenvalue weighted by atomic mass is 16.3.